The Kier molecular flexibility index (Phi) is 5.43. The molecule has 0 spiro atoms. The lowest BCUT2D eigenvalue weighted by molar-refractivity contribution is -0.384. The molecule has 1 rings (SSSR count). The number of hydrogen-bond donors (Lipinski definition) is 2. The van der Waals surface area contributed by atoms with E-state index in [0.29, 0.717) is 6.42 Å². The molecule has 0 fully saturated rings. The van der Waals surface area contributed by atoms with Crippen molar-refractivity contribution in [2.24, 2.45) is 0 Å². The van der Waals surface area contributed by atoms with Gasteiger partial charge in [-0.15, -0.1) is 0 Å². The van der Waals surface area contributed by atoms with Crippen LogP contribution in [0, 0.1) is 10.1 Å². The van der Waals surface area contributed by atoms with Crippen molar-refractivity contribution >= 4 is 33.4 Å². The van der Waals surface area contributed by atoms with Gasteiger partial charge in [-0.1, -0.05) is 22.9 Å². The van der Waals surface area contributed by atoms with E-state index in [4.69, 9.17) is 0 Å². The van der Waals surface area contributed by atoms with Gasteiger partial charge in [0.25, 0.3) is 17.5 Å². The van der Waals surface area contributed by atoms with Gasteiger partial charge in [-0.25, -0.2) is 0 Å². The zero-order valence-corrected chi connectivity index (χ0v) is 11.6. The van der Waals surface area contributed by atoms with Crippen LogP contribution in [0.4, 0.5) is 5.69 Å². The third-order valence-corrected chi connectivity index (χ3v) is 3.35. The number of nitrogens with one attached hydrogen (secondary N) is 2. The first-order valence-electron chi connectivity index (χ1n) is 5.44. The smallest absolute Gasteiger partial charge is 0.269 e. The van der Waals surface area contributed by atoms with E-state index in [0.717, 1.165) is 0 Å². The molecule has 0 aromatic heterocycles. The second-order valence-electron chi connectivity index (χ2n) is 3.62. The molecular weight excluding hydrogens is 318 g/mol. The van der Waals surface area contributed by atoms with Crippen LogP contribution in [0.5, 0.6) is 0 Å². The lowest BCUT2D eigenvalue weighted by Gasteiger charge is -2.09. The number of rotatable bonds is 4. The van der Waals surface area contributed by atoms with E-state index >= 15 is 0 Å². The van der Waals surface area contributed by atoms with Gasteiger partial charge in [0.15, 0.2) is 0 Å². The topological polar surface area (TPSA) is 101 Å². The average Bonchev–Trinajstić information content (AvgIpc) is 2.43. The van der Waals surface area contributed by atoms with Crippen LogP contribution in [0.1, 0.15) is 23.7 Å². The van der Waals surface area contributed by atoms with Crippen molar-refractivity contribution in [2.75, 3.05) is 0 Å². The first-order chi connectivity index (χ1) is 8.95. The Balaban J connectivity index is 2.59. The quantitative estimate of drug-likeness (QED) is 0.496. The Morgan fingerprint density at radius 1 is 1.32 bits per heavy atom. The third-order valence-electron chi connectivity index (χ3n) is 2.28. The largest absolute Gasteiger partial charge is 0.272 e. The van der Waals surface area contributed by atoms with E-state index in [1.165, 1.54) is 24.3 Å². The van der Waals surface area contributed by atoms with Crippen LogP contribution < -0.4 is 10.9 Å². The van der Waals surface area contributed by atoms with Gasteiger partial charge in [-0.2, -0.15) is 0 Å². The molecule has 0 aliphatic heterocycles. The van der Waals surface area contributed by atoms with Crippen LogP contribution in [-0.2, 0) is 4.79 Å². The van der Waals surface area contributed by atoms with Gasteiger partial charge < -0.3 is 0 Å². The summed E-state index contributed by atoms with van der Waals surface area (Å²) in [5.41, 5.74) is 4.59. The summed E-state index contributed by atoms with van der Waals surface area (Å²) in [7, 11) is 0. The number of benzene rings is 1. The van der Waals surface area contributed by atoms with Crippen molar-refractivity contribution in [3.63, 3.8) is 0 Å². The summed E-state index contributed by atoms with van der Waals surface area (Å²) in [6.07, 6.45) is 0.583. The molecule has 0 aliphatic rings. The van der Waals surface area contributed by atoms with Crippen molar-refractivity contribution in [3.8, 4) is 0 Å². The van der Waals surface area contributed by atoms with Crippen LogP contribution in [-0.4, -0.2) is 21.6 Å². The van der Waals surface area contributed by atoms with E-state index in [-0.39, 0.29) is 22.0 Å². The number of nitro benzene ring substituents is 1. The zero-order valence-electron chi connectivity index (χ0n) is 10.1. The summed E-state index contributed by atoms with van der Waals surface area (Å²) in [6, 6.07) is 5.06. The van der Waals surface area contributed by atoms with Crippen LogP contribution in [0.15, 0.2) is 24.3 Å². The molecule has 0 bridgehead atoms. The Morgan fingerprint density at radius 3 is 2.37 bits per heavy atom. The summed E-state index contributed by atoms with van der Waals surface area (Å²) in [5.74, 6) is -0.906. The minimum atomic E-state index is -0.555. The molecule has 0 heterocycles. The first kappa shape index (κ1) is 15.1. The molecule has 0 saturated carbocycles. The SMILES string of the molecule is CCC(Br)C(=O)NNC(=O)c1ccc([N+](=O)[O-])cc1. The predicted octanol–water partition coefficient (Wildman–Crippen LogP) is 1.53. The van der Waals surface area contributed by atoms with E-state index in [2.05, 4.69) is 26.8 Å². The normalized spacial score (nSPS) is 11.5. The summed E-state index contributed by atoms with van der Waals surface area (Å²) < 4.78 is 0. The molecule has 1 atom stereocenters. The molecule has 1 aromatic rings. The number of nitrogens with zero attached hydrogens (tertiary/aromatic N) is 1. The van der Waals surface area contributed by atoms with Gasteiger partial charge >= 0.3 is 0 Å². The molecule has 102 valence electrons. The number of non-ortho nitro benzene ring substituents is 1. The highest BCUT2D eigenvalue weighted by molar-refractivity contribution is 9.10. The molecule has 1 aromatic carbocycles. The maximum Gasteiger partial charge on any atom is 0.269 e. The predicted molar refractivity (Wildman–Crippen MR) is 71.7 cm³/mol. The maximum absolute atomic E-state index is 11.6. The highest BCUT2D eigenvalue weighted by atomic mass is 79.9. The van der Waals surface area contributed by atoms with Gasteiger partial charge in [0.2, 0.25) is 0 Å². The van der Waals surface area contributed by atoms with E-state index in [9.17, 15) is 19.7 Å². The lowest BCUT2D eigenvalue weighted by atomic mass is 10.2. The minimum absolute atomic E-state index is 0.105. The number of hydrogen-bond acceptors (Lipinski definition) is 4. The Labute approximate surface area is 117 Å². The van der Waals surface area contributed by atoms with Gasteiger partial charge in [0, 0.05) is 17.7 Å². The highest BCUT2D eigenvalue weighted by Crippen LogP contribution is 2.11. The van der Waals surface area contributed by atoms with E-state index in [1.54, 1.807) is 0 Å². The first-order valence-corrected chi connectivity index (χ1v) is 6.36. The third kappa shape index (κ3) is 4.32. The van der Waals surface area contributed by atoms with Gasteiger partial charge in [-0.3, -0.25) is 30.6 Å². The standard InChI is InChI=1S/C11H12BrN3O4/c1-2-9(12)11(17)14-13-10(16)7-3-5-8(6-4-7)15(18)19/h3-6,9H,2H2,1H3,(H,13,16)(H,14,17). The molecular formula is C11H12BrN3O4. The van der Waals surface area contributed by atoms with Crippen LogP contribution in [0.25, 0.3) is 0 Å². The molecule has 0 saturated heterocycles. The maximum atomic E-state index is 11.6. The number of carbonyl (C=O) groups is 2. The number of nitro groups is 1. The molecule has 2 N–H and O–H groups in total. The molecule has 0 aliphatic carbocycles. The fourth-order valence-electron chi connectivity index (χ4n) is 1.19. The number of alkyl halides is 1. The molecule has 0 radical (unpaired) electrons. The van der Waals surface area contributed by atoms with Crippen LogP contribution >= 0.6 is 15.9 Å². The second kappa shape index (κ2) is 6.83. The summed E-state index contributed by atoms with van der Waals surface area (Å²) in [4.78, 5) is 32.5. The number of amides is 2. The minimum Gasteiger partial charge on any atom is -0.272 e. The van der Waals surface area contributed by atoms with Crippen molar-refractivity contribution < 1.29 is 14.5 Å². The fourth-order valence-corrected chi connectivity index (χ4v) is 1.30. The van der Waals surface area contributed by atoms with Crippen molar-refractivity contribution in [1.29, 1.82) is 0 Å². The van der Waals surface area contributed by atoms with Crippen molar-refractivity contribution in [1.82, 2.24) is 10.9 Å². The van der Waals surface area contributed by atoms with E-state index in [1.807, 2.05) is 6.92 Å². The lowest BCUT2D eigenvalue weighted by Crippen LogP contribution is -2.44. The summed E-state index contributed by atoms with van der Waals surface area (Å²) in [6.45, 7) is 1.82. The average molecular weight is 330 g/mol. The summed E-state index contributed by atoms with van der Waals surface area (Å²) in [5, 5.41) is 10.4. The molecule has 8 heteroatoms. The number of carbonyl (C=O) groups excluding carboxylic acids is 2. The van der Waals surface area contributed by atoms with Gasteiger partial charge in [-0.05, 0) is 18.6 Å². The Hall–Kier alpha value is -1.96. The van der Waals surface area contributed by atoms with E-state index < -0.39 is 10.8 Å². The molecule has 2 amide bonds. The van der Waals surface area contributed by atoms with Crippen LogP contribution in [0.3, 0.4) is 0 Å². The van der Waals surface area contributed by atoms with Gasteiger partial charge in [0.1, 0.15) is 0 Å². The van der Waals surface area contributed by atoms with Gasteiger partial charge in [0.05, 0.1) is 9.75 Å². The Bertz CT molecular complexity index is 489. The van der Waals surface area contributed by atoms with Crippen LogP contribution in [0.2, 0.25) is 0 Å². The number of halogens is 1. The molecule has 7 nitrogen and oxygen atoms in total. The zero-order chi connectivity index (χ0) is 14.4. The second-order valence-corrected chi connectivity index (χ2v) is 4.73. The Morgan fingerprint density at radius 2 is 1.89 bits per heavy atom. The van der Waals surface area contributed by atoms with Crippen molar-refractivity contribution in [2.45, 2.75) is 18.2 Å². The highest BCUT2D eigenvalue weighted by Gasteiger charge is 2.14. The molecule has 1 unspecified atom stereocenters. The summed E-state index contributed by atoms with van der Waals surface area (Å²) >= 11 is 3.14. The monoisotopic (exact) mass is 329 g/mol. The fraction of sp³-hybridized carbons (Fsp3) is 0.273. The number of hydrazine groups is 1. The molecule has 19 heavy (non-hydrogen) atoms. The van der Waals surface area contributed by atoms with Crippen molar-refractivity contribution in [3.05, 3.63) is 39.9 Å².